The van der Waals surface area contributed by atoms with Crippen molar-refractivity contribution >= 4 is 26.3 Å². The Morgan fingerprint density at radius 2 is 1.82 bits per heavy atom. The Bertz CT molecular complexity index is 1530. The summed E-state index contributed by atoms with van der Waals surface area (Å²) in [6, 6.07) is 12.0. The Hall–Kier alpha value is -2.77. The molecule has 2 aromatic heterocycles. The number of hydrogen-bond donors (Lipinski definition) is 0. The van der Waals surface area contributed by atoms with E-state index in [9.17, 15) is 21.6 Å². The van der Waals surface area contributed by atoms with Crippen molar-refractivity contribution < 1.29 is 26.3 Å². The highest BCUT2D eigenvalue weighted by molar-refractivity contribution is 7.89. The lowest BCUT2D eigenvalue weighted by Crippen LogP contribution is -2.43. The van der Waals surface area contributed by atoms with Gasteiger partial charge in [-0.05, 0) is 25.1 Å². The Morgan fingerprint density at radius 3 is 2.54 bits per heavy atom. The first kappa shape index (κ1) is 27.8. The molecule has 1 aliphatic rings. The monoisotopic (exact) mass is 578 g/mol. The highest BCUT2D eigenvalue weighted by Gasteiger charge is 2.33. The second kappa shape index (κ2) is 11.4. The van der Waals surface area contributed by atoms with Crippen molar-refractivity contribution in [2.75, 3.05) is 45.9 Å². The van der Waals surface area contributed by atoms with Crippen LogP contribution in [-0.2, 0) is 27.4 Å². The summed E-state index contributed by atoms with van der Waals surface area (Å²) < 4.78 is 75.9. The van der Waals surface area contributed by atoms with Gasteiger partial charge in [0, 0.05) is 62.0 Å². The topological polar surface area (TPSA) is 67.2 Å². The van der Waals surface area contributed by atoms with Gasteiger partial charge in [0.1, 0.15) is 0 Å². The molecule has 5 rings (SSSR count). The zero-order valence-corrected chi connectivity index (χ0v) is 23.0. The van der Waals surface area contributed by atoms with Gasteiger partial charge in [0.15, 0.2) is 4.96 Å². The molecule has 0 radical (unpaired) electrons. The number of fused-ring (bicyclic) bond motifs is 1. The van der Waals surface area contributed by atoms with Crippen LogP contribution in [0.4, 0.5) is 13.2 Å². The molecule has 1 fully saturated rings. The Morgan fingerprint density at radius 1 is 1.08 bits per heavy atom. The summed E-state index contributed by atoms with van der Waals surface area (Å²) in [4.78, 5) is 7.24. The highest BCUT2D eigenvalue weighted by Crippen LogP contribution is 2.31. The summed E-state index contributed by atoms with van der Waals surface area (Å²) in [5, 5.41) is 1.94. The van der Waals surface area contributed by atoms with Crippen LogP contribution >= 0.6 is 11.3 Å². The number of aryl methyl sites for hydroxylation is 1. The molecule has 208 valence electrons. The standard InChI is InChI=1S/C27H29F3N4O3S2/c1-20-5-7-21(8-6-20)25-18-34-23(19-38-26(34)31-25)9-10-33(12-11-32-13-15-37-16-14-32)39(35,36)24-4-2-3-22(17-24)27(28,29)30/h2-8,17-19H,9-16H2,1H3. The van der Waals surface area contributed by atoms with Crippen LogP contribution in [0, 0.1) is 6.92 Å². The van der Waals surface area contributed by atoms with Crippen LogP contribution in [0.1, 0.15) is 16.8 Å². The minimum Gasteiger partial charge on any atom is -0.379 e. The number of nitrogens with zero attached hydrogens (tertiary/aromatic N) is 4. The van der Waals surface area contributed by atoms with Gasteiger partial charge in [0.2, 0.25) is 10.0 Å². The minimum atomic E-state index is -4.64. The molecule has 3 heterocycles. The Labute approximate surface area is 229 Å². The summed E-state index contributed by atoms with van der Waals surface area (Å²) in [5.41, 5.74) is 2.86. The van der Waals surface area contributed by atoms with Gasteiger partial charge in [-0.2, -0.15) is 17.5 Å². The Kier molecular flexibility index (Phi) is 8.11. The van der Waals surface area contributed by atoms with E-state index < -0.39 is 21.8 Å². The number of hydrogen-bond acceptors (Lipinski definition) is 6. The fourth-order valence-corrected chi connectivity index (χ4v) is 6.91. The molecule has 2 aromatic carbocycles. The minimum absolute atomic E-state index is 0.118. The van der Waals surface area contributed by atoms with Crippen molar-refractivity contribution in [1.82, 2.24) is 18.6 Å². The van der Waals surface area contributed by atoms with Crippen molar-refractivity contribution in [1.29, 1.82) is 0 Å². The lowest BCUT2D eigenvalue weighted by molar-refractivity contribution is -0.137. The van der Waals surface area contributed by atoms with Gasteiger partial charge in [-0.3, -0.25) is 9.30 Å². The van der Waals surface area contributed by atoms with E-state index in [0.717, 1.165) is 39.6 Å². The van der Waals surface area contributed by atoms with Crippen molar-refractivity contribution in [3.8, 4) is 11.3 Å². The summed E-state index contributed by atoms with van der Waals surface area (Å²) in [7, 11) is -4.18. The number of benzene rings is 2. The largest absolute Gasteiger partial charge is 0.416 e. The summed E-state index contributed by atoms with van der Waals surface area (Å²) in [5.74, 6) is 0. The molecule has 39 heavy (non-hydrogen) atoms. The molecule has 0 bridgehead atoms. The molecular formula is C27H29F3N4O3S2. The molecule has 1 saturated heterocycles. The summed E-state index contributed by atoms with van der Waals surface area (Å²) in [6.07, 6.45) is -2.32. The van der Waals surface area contributed by atoms with E-state index in [0.29, 0.717) is 45.3 Å². The predicted molar refractivity (Wildman–Crippen MR) is 144 cm³/mol. The average Bonchev–Trinajstić information content (AvgIpc) is 3.51. The van der Waals surface area contributed by atoms with Gasteiger partial charge >= 0.3 is 6.18 Å². The number of halogens is 3. The number of morpholine rings is 1. The van der Waals surface area contributed by atoms with Gasteiger partial charge in [0.25, 0.3) is 0 Å². The van der Waals surface area contributed by atoms with Crippen LogP contribution in [0.2, 0.25) is 0 Å². The molecule has 0 N–H and O–H groups in total. The van der Waals surface area contributed by atoms with Gasteiger partial charge < -0.3 is 4.74 Å². The molecule has 0 unspecified atom stereocenters. The molecule has 0 aliphatic carbocycles. The van der Waals surface area contributed by atoms with Crippen molar-refractivity contribution in [3.05, 3.63) is 76.9 Å². The van der Waals surface area contributed by atoms with Crippen LogP contribution in [-0.4, -0.2) is 72.9 Å². The predicted octanol–water partition coefficient (Wildman–Crippen LogP) is 4.96. The van der Waals surface area contributed by atoms with Gasteiger partial charge in [-0.25, -0.2) is 13.4 Å². The van der Waals surface area contributed by atoms with Gasteiger partial charge in [0.05, 0.1) is 29.4 Å². The van der Waals surface area contributed by atoms with E-state index in [2.05, 4.69) is 4.90 Å². The fraction of sp³-hybridized carbons (Fsp3) is 0.370. The first-order valence-corrected chi connectivity index (χ1v) is 14.9. The molecule has 7 nitrogen and oxygen atoms in total. The second-order valence-corrected chi connectivity index (χ2v) is 12.3. The number of thiazole rings is 1. The maximum absolute atomic E-state index is 13.6. The maximum Gasteiger partial charge on any atom is 0.416 e. The molecule has 1 aliphatic heterocycles. The number of ether oxygens (including phenoxy) is 1. The average molecular weight is 579 g/mol. The molecular weight excluding hydrogens is 549 g/mol. The third kappa shape index (κ3) is 6.36. The van der Waals surface area contributed by atoms with Crippen LogP contribution in [0.15, 0.2) is 65.0 Å². The molecule has 0 amide bonds. The van der Waals surface area contributed by atoms with Gasteiger partial charge in [-0.15, -0.1) is 11.3 Å². The first-order valence-electron chi connectivity index (χ1n) is 12.6. The van der Waals surface area contributed by atoms with Gasteiger partial charge in [-0.1, -0.05) is 35.9 Å². The number of sulfonamides is 1. The lowest BCUT2D eigenvalue weighted by atomic mass is 10.1. The van der Waals surface area contributed by atoms with Crippen LogP contribution < -0.4 is 0 Å². The highest BCUT2D eigenvalue weighted by atomic mass is 32.2. The summed E-state index contributed by atoms with van der Waals surface area (Å²) in [6.45, 7) is 5.25. The van der Waals surface area contributed by atoms with E-state index >= 15 is 0 Å². The molecule has 0 saturated carbocycles. The normalized spacial score (nSPS) is 15.4. The van der Waals surface area contributed by atoms with Crippen LogP contribution in [0.25, 0.3) is 16.2 Å². The SMILES string of the molecule is Cc1ccc(-c2cn3c(CCN(CCN4CCOCC4)S(=O)(=O)c4cccc(C(F)(F)F)c4)csc3n2)cc1. The Balaban J connectivity index is 1.39. The smallest absolute Gasteiger partial charge is 0.379 e. The quantitative estimate of drug-likeness (QED) is 0.281. The summed E-state index contributed by atoms with van der Waals surface area (Å²) >= 11 is 1.47. The second-order valence-electron chi connectivity index (χ2n) is 9.51. The van der Waals surface area contributed by atoms with Crippen molar-refractivity contribution in [2.45, 2.75) is 24.4 Å². The van der Waals surface area contributed by atoms with E-state index in [1.54, 1.807) is 0 Å². The third-order valence-corrected chi connectivity index (χ3v) is 9.60. The first-order chi connectivity index (χ1) is 18.6. The van der Waals surface area contributed by atoms with E-state index in [1.165, 1.54) is 21.7 Å². The molecule has 12 heteroatoms. The van der Waals surface area contributed by atoms with Crippen LogP contribution in [0.5, 0.6) is 0 Å². The van der Waals surface area contributed by atoms with E-state index in [-0.39, 0.29) is 18.0 Å². The zero-order chi connectivity index (χ0) is 27.6. The van der Waals surface area contributed by atoms with E-state index in [1.807, 2.05) is 47.2 Å². The number of alkyl halides is 3. The number of aromatic nitrogens is 2. The van der Waals surface area contributed by atoms with Crippen molar-refractivity contribution in [3.63, 3.8) is 0 Å². The lowest BCUT2D eigenvalue weighted by Gasteiger charge is -2.29. The zero-order valence-electron chi connectivity index (χ0n) is 21.4. The number of rotatable bonds is 9. The maximum atomic E-state index is 13.6. The fourth-order valence-electron chi connectivity index (χ4n) is 4.52. The van der Waals surface area contributed by atoms with Crippen molar-refractivity contribution in [2.24, 2.45) is 0 Å². The third-order valence-electron chi connectivity index (χ3n) is 6.82. The van der Waals surface area contributed by atoms with Crippen LogP contribution in [0.3, 0.4) is 0 Å². The molecule has 4 aromatic rings. The molecule has 0 spiro atoms. The number of imidazole rings is 1. The van der Waals surface area contributed by atoms with E-state index in [4.69, 9.17) is 9.72 Å². The molecule has 0 atom stereocenters.